The van der Waals surface area contributed by atoms with E-state index in [2.05, 4.69) is 26.2 Å². The quantitative estimate of drug-likeness (QED) is 0.892. The minimum absolute atomic E-state index is 0.202. The molecule has 1 amide bonds. The van der Waals surface area contributed by atoms with Gasteiger partial charge in [0.2, 0.25) is 5.91 Å². The number of carbonyl (C=O) groups is 1. The smallest absolute Gasteiger partial charge is 0.229 e. The van der Waals surface area contributed by atoms with E-state index in [0.29, 0.717) is 17.7 Å². The van der Waals surface area contributed by atoms with Crippen LogP contribution in [0, 0.1) is 29.6 Å². The van der Waals surface area contributed by atoms with Crippen LogP contribution in [0.3, 0.4) is 0 Å². The van der Waals surface area contributed by atoms with E-state index in [0.717, 1.165) is 16.3 Å². The maximum Gasteiger partial charge on any atom is 0.229 e. The van der Waals surface area contributed by atoms with Crippen molar-refractivity contribution in [3.05, 3.63) is 22.8 Å². The lowest BCUT2D eigenvalue weighted by Gasteiger charge is -2.53. The Labute approximate surface area is 127 Å². The summed E-state index contributed by atoms with van der Waals surface area (Å²) in [6.45, 7) is 0. The first-order valence-electron chi connectivity index (χ1n) is 7.61. The molecule has 1 heterocycles. The third-order valence-electron chi connectivity index (χ3n) is 5.51. The molecular formula is C16H19BrN2O. The number of nitrogens with zero attached hydrogens (tertiary/aromatic N) is 1. The van der Waals surface area contributed by atoms with Crippen molar-refractivity contribution in [3.63, 3.8) is 0 Å². The largest absolute Gasteiger partial charge is 0.310 e. The van der Waals surface area contributed by atoms with Gasteiger partial charge in [-0.25, -0.2) is 4.98 Å². The van der Waals surface area contributed by atoms with Crippen molar-refractivity contribution in [1.82, 2.24) is 4.98 Å². The molecule has 1 aromatic heterocycles. The molecule has 4 fully saturated rings. The van der Waals surface area contributed by atoms with E-state index in [4.69, 9.17) is 0 Å². The topological polar surface area (TPSA) is 42.0 Å². The summed E-state index contributed by atoms with van der Waals surface area (Å²) >= 11 is 3.36. The van der Waals surface area contributed by atoms with Crippen LogP contribution in [0.5, 0.6) is 0 Å². The molecule has 3 nitrogen and oxygen atoms in total. The van der Waals surface area contributed by atoms with Crippen molar-refractivity contribution in [3.8, 4) is 0 Å². The predicted molar refractivity (Wildman–Crippen MR) is 81.1 cm³/mol. The molecule has 4 aliphatic rings. The van der Waals surface area contributed by atoms with Crippen molar-refractivity contribution in [2.75, 3.05) is 5.32 Å². The Morgan fingerprint density at radius 3 is 2.30 bits per heavy atom. The first-order valence-corrected chi connectivity index (χ1v) is 8.41. The molecule has 4 aliphatic carbocycles. The molecule has 0 unspecified atom stereocenters. The van der Waals surface area contributed by atoms with Gasteiger partial charge in [0.1, 0.15) is 5.82 Å². The van der Waals surface area contributed by atoms with E-state index >= 15 is 0 Å². The van der Waals surface area contributed by atoms with E-state index in [1.165, 1.54) is 32.1 Å². The summed E-state index contributed by atoms with van der Waals surface area (Å²) in [7, 11) is 0. The normalized spacial score (nSPS) is 38.0. The van der Waals surface area contributed by atoms with Crippen LogP contribution in [0.15, 0.2) is 22.8 Å². The summed E-state index contributed by atoms with van der Waals surface area (Å²) < 4.78 is 0.935. The maximum atomic E-state index is 12.6. The second kappa shape index (κ2) is 4.83. The van der Waals surface area contributed by atoms with Crippen LogP contribution in [0.2, 0.25) is 0 Å². The SMILES string of the molecule is O=C(Nc1ccc(Br)cn1)C1C2CC3CC(C2)CC1C3. The van der Waals surface area contributed by atoms with Gasteiger partial charge in [-0.3, -0.25) is 4.79 Å². The number of amides is 1. The molecule has 4 bridgehead atoms. The first kappa shape index (κ1) is 12.8. The van der Waals surface area contributed by atoms with E-state index in [9.17, 15) is 4.79 Å². The van der Waals surface area contributed by atoms with Crippen LogP contribution in [0.25, 0.3) is 0 Å². The monoisotopic (exact) mass is 334 g/mol. The highest BCUT2D eigenvalue weighted by atomic mass is 79.9. The lowest BCUT2D eigenvalue weighted by molar-refractivity contribution is -0.132. The number of rotatable bonds is 2. The van der Waals surface area contributed by atoms with Crippen molar-refractivity contribution in [1.29, 1.82) is 0 Å². The number of anilines is 1. The van der Waals surface area contributed by atoms with Crippen molar-refractivity contribution < 1.29 is 4.79 Å². The minimum atomic E-state index is 0.202. The number of pyridine rings is 1. The highest BCUT2D eigenvalue weighted by Crippen LogP contribution is 2.56. The summed E-state index contributed by atoms with van der Waals surface area (Å²) in [5, 5.41) is 3.03. The number of carbonyl (C=O) groups excluding carboxylic acids is 1. The van der Waals surface area contributed by atoms with Crippen LogP contribution >= 0.6 is 15.9 Å². The molecule has 4 heteroatoms. The van der Waals surface area contributed by atoms with Crippen LogP contribution in [0.1, 0.15) is 32.1 Å². The van der Waals surface area contributed by atoms with Gasteiger partial charge in [-0.15, -0.1) is 0 Å². The van der Waals surface area contributed by atoms with Gasteiger partial charge in [0.05, 0.1) is 0 Å². The maximum absolute atomic E-state index is 12.6. The van der Waals surface area contributed by atoms with Gasteiger partial charge in [0.15, 0.2) is 0 Å². The molecule has 0 atom stereocenters. The predicted octanol–water partition coefficient (Wildman–Crippen LogP) is 3.85. The summed E-state index contributed by atoms with van der Waals surface area (Å²) in [4.78, 5) is 16.9. The highest BCUT2D eigenvalue weighted by molar-refractivity contribution is 9.10. The molecule has 4 saturated carbocycles. The van der Waals surface area contributed by atoms with Crippen LogP contribution in [-0.4, -0.2) is 10.9 Å². The third kappa shape index (κ3) is 2.18. The van der Waals surface area contributed by atoms with Crippen molar-refractivity contribution in [2.45, 2.75) is 32.1 Å². The second-order valence-corrected chi connectivity index (χ2v) is 7.72. The average Bonchev–Trinajstić information content (AvgIpc) is 2.40. The molecule has 106 valence electrons. The Morgan fingerprint density at radius 1 is 1.10 bits per heavy atom. The molecule has 0 aliphatic heterocycles. The Balaban J connectivity index is 1.50. The van der Waals surface area contributed by atoms with Crippen LogP contribution in [0.4, 0.5) is 5.82 Å². The lowest BCUT2D eigenvalue weighted by atomic mass is 9.51. The molecule has 1 N–H and O–H groups in total. The number of hydrogen-bond donors (Lipinski definition) is 1. The first-order chi connectivity index (χ1) is 9.69. The molecule has 1 aromatic rings. The summed E-state index contributed by atoms with van der Waals surface area (Å²) in [6.07, 6.45) is 8.26. The third-order valence-corrected chi connectivity index (χ3v) is 5.98. The zero-order valence-corrected chi connectivity index (χ0v) is 13.0. The Morgan fingerprint density at radius 2 is 1.75 bits per heavy atom. The Kier molecular flexibility index (Phi) is 3.09. The Hall–Kier alpha value is -0.900. The Bertz CT molecular complexity index is 500. The molecule has 20 heavy (non-hydrogen) atoms. The fraction of sp³-hybridized carbons (Fsp3) is 0.625. The minimum Gasteiger partial charge on any atom is -0.310 e. The van der Waals surface area contributed by atoms with E-state index in [1.54, 1.807) is 6.20 Å². The van der Waals surface area contributed by atoms with Gasteiger partial charge in [-0.05, 0) is 83.8 Å². The zero-order valence-electron chi connectivity index (χ0n) is 11.4. The number of aromatic nitrogens is 1. The van der Waals surface area contributed by atoms with Crippen LogP contribution in [-0.2, 0) is 4.79 Å². The fourth-order valence-corrected chi connectivity index (χ4v) is 5.25. The van der Waals surface area contributed by atoms with Crippen LogP contribution < -0.4 is 5.32 Å². The van der Waals surface area contributed by atoms with Gasteiger partial charge in [0.25, 0.3) is 0 Å². The number of nitrogens with one attached hydrogen (secondary N) is 1. The van der Waals surface area contributed by atoms with Crippen molar-refractivity contribution in [2.24, 2.45) is 29.6 Å². The summed E-state index contributed by atoms with van der Waals surface area (Å²) in [5.74, 6) is 4.18. The summed E-state index contributed by atoms with van der Waals surface area (Å²) in [5.41, 5.74) is 0. The second-order valence-electron chi connectivity index (χ2n) is 6.81. The molecule has 0 aromatic carbocycles. The van der Waals surface area contributed by atoms with E-state index < -0.39 is 0 Å². The molecule has 0 saturated heterocycles. The summed E-state index contributed by atoms with van der Waals surface area (Å²) in [6, 6.07) is 3.78. The highest BCUT2D eigenvalue weighted by Gasteiger charge is 2.50. The molecule has 5 rings (SSSR count). The van der Waals surface area contributed by atoms with Gasteiger partial charge < -0.3 is 5.32 Å². The van der Waals surface area contributed by atoms with Gasteiger partial charge >= 0.3 is 0 Å². The zero-order chi connectivity index (χ0) is 13.7. The van der Waals surface area contributed by atoms with E-state index in [-0.39, 0.29) is 11.8 Å². The molecule has 0 radical (unpaired) electrons. The standard InChI is InChI=1S/C16H19BrN2O/c17-13-1-2-14(18-8-13)19-16(20)15-11-4-9-3-10(6-11)7-12(15)5-9/h1-2,8-12,15H,3-7H2,(H,18,19,20). The average molecular weight is 335 g/mol. The number of hydrogen-bond acceptors (Lipinski definition) is 2. The van der Waals surface area contributed by atoms with Gasteiger partial charge in [-0.1, -0.05) is 0 Å². The van der Waals surface area contributed by atoms with Gasteiger partial charge in [0, 0.05) is 16.6 Å². The number of halogens is 1. The lowest BCUT2D eigenvalue weighted by Crippen LogP contribution is -2.49. The molecular weight excluding hydrogens is 316 g/mol. The van der Waals surface area contributed by atoms with Gasteiger partial charge in [-0.2, -0.15) is 0 Å². The fourth-order valence-electron chi connectivity index (χ4n) is 5.01. The van der Waals surface area contributed by atoms with E-state index in [1.807, 2.05) is 12.1 Å². The van der Waals surface area contributed by atoms with Crippen molar-refractivity contribution >= 4 is 27.7 Å². The molecule has 0 spiro atoms.